The molecule has 6 nitrogen and oxygen atoms in total. The van der Waals surface area contributed by atoms with Crippen molar-refractivity contribution in [1.29, 1.82) is 0 Å². The maximum atomic E-state index is 13.0. The lowest BCUT2D eigenvalue weighted by atomic mass is 10.2. The van der Waals surface area contributed by atoms with Crippen molar-refractivity contribution in [3.05, 3.63) is 53.1 Å². The summed E-state index contributed by atoms with van der Waals surface area (Å²) in [5.41, 5.74) is 3.44. The third-order valence-electron chi connectivity index (χ3n) is 5.05. The normalized spacial score (nSPS) is 16.3. The molecule has 1 heterocycles. The second kappa shape index (κ2) is 9.51. The highest BCUT2D eigenvalue weighted by atomic mass is 32.2. The molecule has 1 atom stereocenters. The van der Waals surface area contributed by atoms with Gasteiger partial charge in [0.15, 0.2) is 0 Å². The molecule has 0 aromatic heterocycles. The van der Waals surface area contributed by atoms with Crippen molar-refractivity contribution >= 4 is 33.4 Å². The second-order valence-electron chi connectivity index (χ2n) is 7.52. The van der Waals surface area contributed by atoms with Crippen molar-refractivity contribution in [2.24, 2.45) is 0 Å². The number of benzene rings is 2. The summed E-state index contributed by atoms with van der Waals surface area (Å²) in [5.74, 6) is -0.168. The van der Waals surface area contributed by atoms with Crippen molar-refractivity contribution < 1.29 is 17.9 Å². The molecule has 1 fully saturated rings. The van der Waals surface area contributed by atoms with Crippen LogP contribution in [0.15, 0.2) is 46.2 Å². The van der Waals surface area contributed by atoms with Gasteiger partial charge in [0.05, 0.1) is 23.4 Å². The van der Waals surface area contributed by atoms with Crippen LogP contribution in [0.2, 0.25) is 0 Å². The minimum Gasteiger partial charge on any atom is -0.379 e. The molecule has 1 saturated heterocycles. The average molecular weight is 449 g/mol. The number of carbonyl (C=O) groups excluding carboxylic acids is 1. The smallest absolute Gasteiger partial charge is 0.243 e. The van der Waals surface area contributed by atoms with Gasteiger partial charge in [0.25, 0.3) is 0 Å². The minimum absolute atomic E-state index is 0.168. The van der Waals surface area contributed by atoms with E-state index in [2.05, 4.69) is 11.4 Å². The number of morpholine rings is 1. The molecule has 2 aromatic carbocycles. The van der Waals surface area contributed by atoms with Gasteiger partial charge in [0.2, 0.25) is 15.9 Å². The Labute approximate surface area is 183 Å². The predicted molar refractivity (Wildman–Crippen MR) is 121 cm³/mol. The van der Waals surface area contributed by atoms with Gasteiger partial charge >= 0.3 is 0 Å². The molecule has 1 aliphatic heterocycles. The van der Waals surface area contributed by atoms with Gasteiger partial charge in [-0.15, -0.1) is 11.8 Å². The van der Waals surface area contributed by atoms with Gasteiger partial charge in [-0.1, -0.05) is 23.8 Å². The molecule has 0 saturated carbocycles. The van der Waals surface area contributed by atoms with Crippen LogP contribution in [-0.2, 0) is 19.6 Å². The minimum atomic E-state index is -3.63. The molecule has 1 N–H and O–H groups in total. The lowest BCUT2D eigenvalue weighted by Gasteiger charge is -2.27. The molecule has 1 aliphatic rings. The quantitative estimate of drug-likeness (QED) is 0.681. The second-order valence-corrected chi connectivity index (χ2v) is 10.8. The maximum Gasteiger partial charge on any atom is 0.243 e. The molecule has 30 heavy (non-hydrogen) atoms. The number of carbonyl (C=O) groups is 1. The van der Waals surface area contributed by atoms with Crippen LogP contribution in [0.5, 0.6) is 0 Å². The van der Waals surface area contributed by atoms with Crippen molar-refractivity contribution in [2.45, 2.75) is 42.7 Å². The zero-order valence-electron chi connectivity index (χ0n) is 17.8. The van der Waals surface area contributed by atoms with Gasteiger partial charge in [-0.05, 0) is 57.0 Å². The van der Waals surface area contributed by atoms with Gasteiger partial charge in [-0.2, -0.15) is 4.31 Å². The summed E-state index contributed by atoms with van der Waals surface area (Å²) in [7, 11) is -3.63. The van der Waals surface area contributed by atoms with E-state index < -0.39 is 10.0 Å². The molecule has 3 rings (SSSR count). The lowest BCUT2D eigenvalue weighted by molar-refractivity contribution is -0.115. The molecule has 1 amide bonds. The summed E-state index contributed by atoms with van der Waals surface area (Å²) < 4.78 is 32.8. The zero-order chi connectivity index (χ0) is 21.9. The Hall–Kier alpha value is -1.87. The molecule has 0 spiro atoms. The van der Waals surface area contributed by atoms with E-state index in [1.807, 2.05) is 32.9 Å². The van der Waals surface area contributed by atoms with Crippen molar-refractivity contribution in [3.63, 3.8) is 0 Å². The number of ether oxygens (including phenoxy) is 1. The largest absolute Gasteiger partial charge is 0.379 e. The number of nitrogens with one attached hydrogen (secondary N) is 1. The molecule has 0 bridgehead atoms. The first-order valence-corrected chi connectivity index (χ1v) is 12.2. The highest BCUT2D eigenvalue weighted by Crippen LogP contribution is 2.29. The Morgan fingerprint density at radius 1 is 1.07 bits per heavy atom. The van der Waals surface area contributed by atoms with Crippen LogP contribution in [0, 0.1) is 20.8 Å². The van der Waals surface area contributed by atoms with Crippen LogP contribution in [0.25, 0.3) is 0 Å². The van der Waals surface area contributed by atoms with Crippen LogP contribution in [0.1, 0.15) is 23.6 Å². The maximum absolute atomic E-state index is 13.0. The van der Waals surface area contributed by atoms with E-state index in [4.69, 9.17) is 4.74 Å². The summed E-state index contributed by atoms with van der Waals surface area (Å²) in [6.45, 7) is 9.13. The first-order chi connectivity index (χ1) is 14.2. The van der Waals surface area contributed by atoms with Crippen LogP contribution in [-0.4, -0.2) is 50.2 Å². The Kier molecular flexibility index (Phi) is 7.23. The molecule has 162 valence electrons. The van der Waals surface area contributed by atoms with Gasteiger partial charge in [0.1, 0.15) is 0 Å². The molecule has 2 aromatic rings. The first kappa shape index (κ1) is 22.8. The van der Waals surface area contributed by atoms with E-state index in [1.165, 1.54) is 21.6 Å². The number of hydrogen-bond acceptors (Lipinski definition) is 5. The van der Waals surface area contributed by atoms with Gasteiger partial charge in [-0.25, -0.2) is 8.42 Å². The highest BCUT2D eigenvalue weighted by molar-refractivity contribution is 8.00. The fraction of sp³-hybridized carbons (Fsp3) is 0.409. The summed E-state index contributed by atoms with van der Waals surface area (Å²) >= 11 is 1.49. The van der Waals surface area contributed by atoms with Crippen molar-refractivity contribution in [3.8, 4) is 0 Å². The Morgan fingerprint density at radius 2 is 1.77 bits per heavy atom. The standard InChI is InChI=1S/C22H28N2O4S2/c1-15-5-8-20(17(3)13-15)29-18(4)22(25)23-19-7-6-16(2)21(14-19)30(26,27)24-9-11-28-12-10-24/h5-8,13-14,18H,9-12H2,1-4H3,(H,23,25). The van der Waals surface area contributed by atoms with Crippen LogP contribution in [0.4, 0.5) is 5.69 Å². The van der Waals surface area contributed by atoms with E-state index in [0.717, 1.165) is 10.5 Å². The van der Waals surface area contributed by atoms with Crippen LogP contribution < -0.4 is 5.32 Å². The molecular formula is C22H28N2O4S2. The average Bonchev–Trinajstić information content (AvgIpc) is 2.72. The summed E-state index contributed by atoms with van der Waals surface area (Å²) in [6.07, 6.45) is 0. The number of aryl methyl sites for hydroxylation is 3. The van der Waals surface area contributed by atoms with Crippen LogP contribution in [0.3, 0.4) is 0 Å². The summed E-state index contributed by atoms with van der Waals surface area (Å²) in [6, 6.07) is 11.2. The third-order valence-corrected chi connectivity index (χ3v) is 8.37. The van der Waals surface area contributed by atoms with E-state index in [9.17, 15) is 13.2 Å². The number of hydrogen-bond donors (Lipinski definition) is 1. The Bertz CT molecular complexity index is 1030. The molecule has 1 unspecified atom stereocenters. The number of anilines is 1. The lowest BCUT2D eigenvalue weighted by Crippen LogP contribution is -2.40. The molecular weight excluding hydrogens is 420 g/mol. The Morgan fingerprint density at radius 3 is 2.43 bits per heavy atom. The fourth-order valence-corrected chi connectivity index (χ4v) is 5.90. The van der Waals surface area contributed by atoms with E-state index in [0.29, 0.717) is 37.6 Å². The predicted octanol–water partition coefficient (Wildman–Crippen LogP) is 3.75. The number of sulfonamides is 1. The zero-order valence-corrected chi connectivity index (χ0v) is 19.4. The Balaban J connectivity index is 1.75. The number of thioether (sulfide) groups is 1. The van der Waals surface area contributed by atoms with Crippen LogP contribution >= 0.6 is 11.8 Å². The van der Waals surface area contributed by atoms with Gasteiger partial charge < -0.3 is 10.1 Å². The molecule has 0 radical (unpaired) electrons. The SMILES string of the molecule is Cc1ccc(SC(C)C(=O)Nc2ccc(C)c(S(=O)(=O)N3CCOCC3)c2)c(C)c1. The number of amides is 1. The van der Waals surface area contributed by atoms with Gasteiger partial charge in [0, 0.05) is 23.7 Å². The molecule has 8 heteroatoms. The summed E-state index contributed by atoms with van der Waals surface area (Å²) in [4.78, 5) is 14.0. The van der Waals surface area contributed by atoms with Crippen molar-refractivity contribution in [2.75, 3.05) is 31.6 Å². The number of nitrogens with zero attached hydrogens (tertiary/aromatic N) is 1. The van der Waals surface area contributed by atoms with E-state index >= 15 is 0 Å². The first-order valence-electron chi connectivity index (χ1n) is 9.92. The third kappa shape index (κ3) is 5.24. The monoisotopic (exact) mass is 448 g/mol. The van der Waals surface area contributed by atoms with E-state index in [-0.39, 0.29) is 16.1 Å². The highest BCUT2D eigenvalue weighted by Gasteiger charge is 2.28. The van der Waals surface area contributed by atoms with E-state index in [1.54, 1.807) is 25.1 Å². The summed E-state index contributed by atoms with van der Waals surface area (Å²) in [5, 5.41) is 2.54. The van der Waals surface area contributed by atoms with Gasteiger partial charge in [-0.3, -0.25) is 4.79 Å². The topological polar surface area (TPSA) is 75.7 Å². The fourth-order valence-electron chi connectivity index (χ4n) is 3.30. The molecule has 0 aliphatic carbocycles. The number of rotatable bonds is 6. The van der Waals surface area contributed by atoms with Crippen molar-refractivity contribution in [1.82, 2.24) is 4.31 Å².